The summed E-state index contributed by atoms with van der Waals surface area (Å²) in [4.78, 5) is 12.2. The maximum atomic E-state index is 11.0. The Morgan fingerprint density at radius 1 is 1.31 bits per heavy atom. The van der Waals surface area contributed by atoms with Crippen molar-refractivity contribution in [1.82, 2.24) is 0 Å². The molecule has 1 heterocycles. The van der Waals surface area contributed by atoms with Crippen molar-refractivity contribution < 1.29 is 4.79 Å². The molecule has 0 saturated carbocycles. The molecule has 0 atom stereocenters. The van der Waals surface area contributed by atoms with E-state index in [1.807, 2.05) is 23.6 Å². The number of primary amides is 1. The van der Waals surface area contributed by atoms with Crippen molar-refractivity contribution in [1.29, 1.82) is 0 Å². The highest BCUT2D eigenvalue weighted by atomic mass is 32.1. The minimum atomic E-state index is -0.403. The summed E-state index contributed by atoms with van der Waals surface area (Å²) in [6, 6.07) is 11.3. The number of hydrogen-bond acceptors (Lipinski definition) is 3. The topological polar surface area (TPSA) is 55.1 Å². The van der Waals surface area contributed by atoms with Crippen LogP contribution in [0.2, 0.25) is 0 Å². The summed E-state index contributed by atoms with van der Waals surface area (Å²) < 4.78 is 0. The van der Waals surface area contributed by atoms with Crippen LogP contribution < -0.4 is 11.1 Å². The number of anilines is 1. The highest BCUT2D eigenvalue weighted by molar-refractivity contribution is 7.09. The average molecular weight is 232 g/mol. The van der Waals surface area contributed by atoms with Crippen LogP contribution in [0, 0.1) is 0 Å². The van der Waals surface area contributed by atoms with Gasteiger partial charge in [0.25, 0.3) is 0 Å². The SMILES string of the molecule is NC(=O)c1cccc(NCc2cccs2)c1. The van der Waals surface area contributed by atoms with Crippen molar-refractivity contribution in [2.24, 2.45) is 5.73 Å². The van der Waals surface area contributed by atoms with Crippen molar-refractivity contribution in [3.8, 4) is 0 Å². The van der Waals surface area contributed by atoms with E-state index in [1.54, 1.807) is 23.5 Å². The van der Waals surface area contributed by atoms with Crippen LogP contribution in [-0.2, 0) is 6.54 Å². The first kappa shape index (κ1) is 10.7. The van der Waals surface area contributed by atoms with E-state index in [-0.39, 0.29) is 0 Å². The summed E-state index contributed by atoms with van der Waals surface area (Å²) in [5, 5.41) is 5.28. The molecule has 0 aliphatic heterocycles. The van der Waals surface area contributed by atoms with Gasteiger partial charge in [-0.25, -0.2) is 0 Å². The van der Waals surface area contributed by atoms with Crippen molar-refractivity contribution in [2.45, 2.75) is 6.54 Å². The Morgan fingerprint density at radius 3 is 2.88 bits per heavy atom. The lowest BCUT2D eigenvalue weighted by atomic mass is 10.2. The third kappa shape index (κ3) is 2.61. The van der Waals surface area contributed by atoms with Crippen LogP contribution in [0.25, 0.3) is 0 Å². The number of benzene rings is 1. The average Bonchev–Trinajstić information content (AvgIpc) is 2.79. The van der Waals surface area contributed by atoms with Gasteiger partial charge in [0.15, 0.2) is 0 Å². The Balaban J connectivity index is 2.04. The molecule has 2 aromatic rings. The summed E-state index contributed by atoms with van der Waals surface area (Å²) in [6.07, 6.45) is 0. The molecule has 1 aromatic heterocycles. The molecule has 16 heavy (non-hydrogen) atoms. The molecule has 3 nitrogen and oxygen atoms in total. The van der Waals surface area contributed by atoms with Gasteiger partial charge in [0, 0.05) is 22.7 Å². The molecule has 3 N–H and O–H groups in total. The zero-order chi connectivity index (χ0) is 11.4. The molecule has 82 valence electrons. The second kappa shape index (κ2) is 4.81. The van der Waals surface area contributed by atoms with E-state index in [1.165, 1.54) is 4.88 Å². The van der Waals surface area contributed by atoms with Gasteiger partial charge in [-0.05, 0) is 29.6 Å². The lowest BCUT2D eigenvalue weighted by Gasteiger charge is -2.05. The van der Waals surface area contributed by atoms with Crippen molar-refractivity contribution >= 4 is 22.9 Å². The van der Waals surface area contributed by atoms with E-state index in [0.29, 0.717) is 5.56 Å². The van der Waals surface area contributed by atoms with E-state index in [9.17, 15) is 4.79 Å². The number of carbonyl (C=O) groups excluding carboxylic acids is 1. The first-order valence-electron chi connectivity index (χ1n) is 4.92. The quantitative estimate of drug-likeness (QED) is 0.850. The standard InChI is InChI=1S/C12H12N2OS/c13-12(15)9-3-1-4-10(7-9)14-8-11-5-2-6-16-11/h1-7,14H,8H2,(H2,13,15). The Hall–Kier alpha value is -1.81. The minimum Gasteiger partial charge on any atom is -0.380 e. The summed E-state index contributed by atoms with van der Waals surface area (Å²) in [7, 11) is 0. The van der Waals surface area contributed by atoms with Gasteiger partial charge in [-0.15, -0.1) is 11.3 Å². The largest absolute Gasteiger partial charge is 0.380 e. The fraction of sp³-hybridized carbons (Fsp3) is 0.0833. The number of nitrogens with one attached hydrogen (secondary N) is 1. The molecular formula is C12H12N2OS. The third-order valence-corrected chi connectivity index (χ3v) is 3.07. The van der Waals surface area contributed by atoms with Crippen LogP contribution in [0.5, 0.6) is 0 Å². The molecular weight excluding hydrogens is 220 g/mol. The second-order valence-corrected chi connectivity index (χ2v) is 4.41. The molecule has 0 saturated heterocycles. The van der Waals surface area contributed by atoms with E-state index in [4.69, 9.17) is 5.73 Å². The van der Waals surface area contributed by atoms with Crippen LogP contribution in [0.4, 0.5) is 5.69 Å². The molecule has 0 aliphatic carbocycles. The van der Waals surface area contributed by atoms with Gasteiger partial charge in [-0.2, -0.15) is 0 Å². The molecule has 0 aliphatic rings. The summed E-state index contributed by atoms with van der Waals surface area (Å²) in [6.45, 7) is 0.764. The Kier molecular flexibility index (Phi) is 3.22. The number of thiophene rings is 1. The van der Waals surface area contributed by atoms with Crippen molar-refractivity contribution in [2.75, 3.05) is 5.32 Å². The Morgan fingerprint density at radius 2 is 2.19 bits per heavy atom. The number of rotatable bonds is 4. The molecule has 1 aromatic carbocycles. The Labute approximate surface area is 97.9 Å². The second-order valence-electron chi connectivity index (χ2n) is 3.38. The van der Waals surface area contributed by atoms with Gasteiger partial charge >= 0.3 is 0 Å². The lowest BCUT2D eigenvalue weighted by molar-refractivity contribution is 0.100. The number of nitrogens with two attached hydrogens (primary N) is 1. The highest BCUT2D eigenvalue weighted by Crippen LogP contribution is 2.14. The maximum Gasteiger partial charge on any atom is 0.248 e. The van der Waals surface area contributed by atoms with E-state index >= 15 is 0 Å². The fourth-order valence-corrected chi connectivity index (χ4v) is 2.03. The van der Waals surface area contributed by atoms with Gasteiger partial charge in [0.1, 0.15) is 0 Å². The predicted molar refractivity (Wildman–Crippen MR) is 66.6 cm³/mol. The monoisotopic (exact) mass is 232 g/mol. The fourth-order valence-electron chi connectivity index (χ4n) is 1.38. The van der Waals surface area contributed by atoms with Crippen molar-refractivity contribution in [3.63, 3.8) is 0 Å². The molecule has 0 unspecified atom stereocenters. The number of amides is 1. The van der Waals surface area contributed by atoms with Gasteiger partial charge < -0.3 is 11.1 Å². The smallest absolute Gasteiger partial charge is 0.248 e. The molecule has 0 bridgehead atoms. The third-order valence-electron chi connectivity index (χ3n) is 2.19. The number of hydrogen-bond donors (Lipinski definition) is 2. The molecule has 0 spiro atoms. The molecule has 2 rings (SSSR count). The first-order chi connectivity index (χ1) is 7.75. The summed E-state index contributed by atoms with van der Waals surface area (Å²) in [5.41, 5.74) is 6.64. The van der Waals surface area contributed by atoms with Crippen LogP contribution in [0.1, 0.15) is 15.2 Å². The van der Waals surface area contributed by atoms with E-state index < -0.39 is 5.91 Å². The van der Waals surface area contributed by atoms with Crippen LogP contribution in [0.3, 0.4) is 0 Å². The molecule has 0 radical (unpaired) electrons. The van der Waals surface area contributed by atoms with Gasteiger partial charge in [-0.1, -0.05) is 12.1 Å². The molecule has 0 fully saturated rings. The van der Waals surface area contributed by atoms with Crippen molar-refractivity contribution in [3.05, 3.63) is 52.2 Å². The first-order valence-corrected chi connectivity index (χ1v) is 5.80. The predicted octanol–water partition coefficient (Wildman–Crippen LogP) is 2.46. The van der Waals surface area contributed by atoms with Gasteiger partial charge in [0.2, 0.25) is 5.91 Å². The van der Waals surface area contributed by atoms with Gasteiger partial charge in [0.05, 0.1) is 0 Å². The van der Waals surface area contributed by atoms with E-state index in [2.05, 4.69) is 11.4 Å². The molecule has 1 amide bonds. The zero-order valence-corrected chi connectivity index (χ0v) is 9.46. The zero-order valence-electron chi connectivity index (χ0n) is 8.64. The molecule has 4 heteroatoms. The van der Waals surface area contributed by atoms with E-state index in [0.717, 1.165) is 12.2 Å². The lowest BCUT2D eigenvalue weighted by Crippen LogP contribution is -2.11. The van der Waals surface area contributed by atoms with Crippen LogP contribution >= 0.6 is 11.3 Å². The highest BCUT2D eigenvalue weighted by Gasteiger charge is 2.01. The Bertz CT molecular complexity index is 480. The minimum absolute atomic E-state index is 0.403. The van der Waals surface area contributed by atoms with Crippen LogP contribution in [-0.4, -0.2) is 5.91 Å². The number of carbonyl (C=O) groups is 1. The summed E-state index contributed by atoms with van der Waals surface area (Å²) in [5.74, 6) is -0.403. The van der Waals surface area contributed by atoms with Crippen LogP contribution in [0.15, 0.2) is 41.8 Å². The van der Waals surface area contributed by atoms with Gasteiger partial charge in [-0.3, -0.25) is 4.79 Å². The normalized spacial score (nSPS) is 10.0. The summed E-state index contributed by atoms with van der Waals surface area (Å²) >= 11 is 1.70. The maximum absolute atomic E-state index is 11.0.